The Morgan fingerprint density at radius 3 is 2.50 bits per heavy atom. The standard InChI is InChI=1S/C19H19N3O4/c1-2-17(23)21-14-8-9-16-15(10-14)22(19(25)12-26-16)11-18(24)20-13-6-4-3-5-7-13/h3-10H,2,11-12H2,1H3,(H,20,24)(H,21,23). The number of fused-ring (bicyclic) bond motifs is 1. The molecule has 0 aromatic heterocycles. The molecule has 3 rings (SSSR count). The van der Waals surface area contributed by atoms with Crippen LogP contribution in [0.25, 0.3) is 0 Å². The molecule has 26 heavy (non-hydrogen) atoms. The summed E-state index contributed by atoms with van der Waals surface area (Å²) in [6, 6.07) is 14.0. The Balaban J connectivity index is 1.79. The van der Waals surface area contributed by atoms with Crippen LogP contribution < -0.4 is 20.3 Å². The van der Waals surface area contributed by atoms with E-state index in [0.29, 0.717) is 29.2 Å². The van der Waals surface area contributed by atoms with Crippen molar-refractivity contribution in [2.45, 2.75) is 13.3 Å². The number of hydrogen-bond donors (Lipinski definition) is 2. The zero-order valence-electron chi connectivity index (χ0n) is 14.3. The highest BCUT2D eigenvalue weighted by Gasteiger charge is 2.27. The van der Waals surface area contributed by atoms with Crippen molar-refractivity contribution in [1.29, 1.82) is 0 Å². The fraction of sp³-hybridized carbons (Fsp3) is 0.211. The fourth-order valence-electron chi connectivity index (χ4n) is 2.57. The molecule has 0 unspecified atom stereocenters. The van der Waals surface area contributed by atoms with Crippen LogP contribution in [0, 0.1) is 0 Å². The first-order chi connectivity index (χ1) is 12.6. The molecule has 134 valence electrons. The molecule has 7 heteroatoms. The normalized spacial score (nSPS) is 12.8. The lowest BCUT2D eigenvalue weighted by Gasteiger charge is -2.29. The van der Waals surface area contributed by atoms with Gasteiger partial charge in [0.25, 0.3) is 5.91 Å². The highest BCUT2D eigenvalue weighted by molar-refractivity contribution is 6.05. The maximum Gasteiger partial charge on any atom is 0.265 e. The Morgan fingerprint density at radius 2 is 1.77 bits per heavy atom. The molecule has 0 spiro atoms. The second kappa shape index (κ2) is 7.69. The number of nitrogens with one attached hydrogen (secondary N) is 2. The van der Waals surface area contributed by atoms with E-state index >= 15 is 0 Å². The van der Waals surface area contributed by atoms with Gasteiger partial charge in [-0.2, -0.15) is 0 Å². The van der Waals surface area contributed by atoms with Crippen LogP contribution in [0.5, 0.6) is 5.75 Å². The van der Waals surface area contributed by atoms with E-state index in [1.54, 1.807) is 37.3 Å². The largest absolute Gasteiger partial charge is 0.482 e. The molecular weight excluding hydrogens is 334 g/mol. The molecule has 3 amide bonds. The SMILES string of the molecule is CCC(=O)Nc1ccc2c(c1)N(CC(=O)Nc1ccccc1)C(=O)CO2. The van der Waals surface area contributed by atoms with Crippen LogP contribution in [-0.2, 0) is 14.4 Å². The van der Waals surface area contributed by atoms with Crippen molar-refractivity contribution in [1.82, 2.24) is 0 Å². The first-order valence-electron chi connectivity index (χ1n) is 8.29. The summed E-state index contributed by atoms with van der Waals surface area (Å²) in [5, 5.41) is 5.49. The number of carbonyl (C=O) groups excluding carboxylic acids is 3. The maximum atomic E-state index is 12.3. The van der Waals surface area contributed by atoms with Gasteiger partial charge in [0.1, 0.15) is 12.3 Å². The predicted octanol–water partition coefficient (Wildman–Crippen LogP) is 2.40. The van der Waals surface area contributed by atoms with Crippen LogP contribution in [-0.4, -0.2) is 30.9 Å². The summed E-state index contributed by atoms with van der Waals surface area (Å²) in [7, 11) is 0. The van der Waals surface area contributed by atoms with Gasteiger partial charge in [0.2, 0.25) is 11.8 Å². The van der Waals surface area contributed by atoms with Crippen LogP contribution in [0.3, 0.4) is 0 Å². The summed E-state index contributed by atoms with van der Waals surface area (Å²) >= 11 is 0. The molecule has 0 bridgehead atoms. The molecule has 0 fully saturated rings. The Kier molecular flexibility index (Phi) is 5.17. The number of anilines is 3. The van der Waals surface area contributed by atoms with Crippen molar-refractivity contribution in [2.75, 3.05) is 28.7 Å². The molecule has 1 aliphatic heterocycles. The van der Waals surface area contributed by atoms with Gasteiger partial charge in [-0.3, -0.25) is 19.3 Å². The minimum absolute atomic E-state index is 0.133. The maximum absolute atomic E-state index is 12.3. The molecule has 0 saturated heterocycles. The molecular formula is C19H19N3O4. The fourth-order valence-corrected chi connectivity index (χ4v) is 2.57. The summed E-state index contributed by atoms with van der Waals surface area (Å²) in [5.41, 5.74) is 1.66. The topological polar surface area (TPSA) is 87.7 Å². The number of ether oxygens (including phenoxy) is 1. The number of carbonyl (C=O) groups is 3. The van der Waals surface area contributed by atoms with Crippen LogP contribution >= 0.6 is 0 Å². The van der Waals surface area contributed by atoms with E-state index in [0.717, 1.165) is 0 Å². The first kappa shape index (κ1) is 17.5. The van der Waals surface area contributed by atoms with Crippen LogP contribution in [0.15, 0.2) is 48.5 Å². The van der Waals surface area contributed by atoms with Crippen molar-refractivity contribution in [2.24, 2.45) is 0 Å². The second-order valence-corrected chi connectivity index (χ2v) is 5.77. The number of nitrogens with zero attached hydrogens (tertiary/aromatic N) is 1. The number of benzene rings is 2. The number of rotatable bonds is 5. The summed E-state index contributed by atoms with van der Waals surface area (Å²) in [4.78, 5) is 37.5. The van der Waals surface area contributed by atoms with Crippen LogP contribution in [0.2, 0.25) is 0 Å². The zero-order valence-corrected chi connectivity index (χ0v) is 14.3. The number of amides is 3. The van der Waals surface area contributed by atoms with E-state index < -0.39 is 0 Å². The minimum atomic E-state index is -0.320. The lowest BCUT2D eigenvalue weighted by atomic mass is 10.2. The van der Waals surface area contributed by atoms with Crippen molar-refractivity contribution in [3.05, 3.63) is 48.5 Å². The lowest BCUT2D eigenvalue weighted by molar-refractivity contribution is -0.123. The molecule has 0 radical (unpaired) electrons. The lowest BCUT2D eigenvalue weighted by Crippen LogP contribution is -2.43. The molecule has 1 heterocycles. The smallest absolute Gasteiger partial charge is 0.265 e. The Bertz CT molecular complexity index is 836. The molecule has 1 aliphatic rings. The van der Waals surface area contributed by atoms with Gasteiger partial charge in [-0.1, -0.05) is 25.1 Å². The highest BCUT2D eigenvalue weighted by atomic mass is 16.5. The van der Waals surface area contributed by atoms with E-state index in [4.69, 9.17) is 4.74 Å². The Hall–Kier alpha value is -3.35. The molecule has 0 atom stereocenters. The van der Waals surface area contributed by atoms with Gasteiger partial charge in [0.15, 0.2) is 6.61 Å². The number of hydrogen-bond acceptors (Lipinski definition) is 4. The Morgan fingerprint density at radius 1 is 1.04 bits per heavy atom. The van der Waals surface area contributed by atoms with E-state index in [1.165, 1.54) is 4.90 Å². The summed E-state index contributed by atoms with van der Waals surface area (Å²) in [6.45, 7) is 1.47. The predicted molar refractivity (Wildman–Crippen MR) is 98.3 cm³/mol. The van der Waals surface area contributed by atoms with Gasteiger partial charge in [-0.15, -0.1) is 0 Å². The third kappa shape index (κ3) is 4.00. The summed E-state index contributed by atoms with van der Waals surface area (Å²) < 4.78 is 5.42. The van der Waals surface area contributed by atoms with Gasteiger partial charge >= 0.3 is 0 Å². The minimum Gasteiger partial charge on any atom is -0.482 e. The summed E-state index contributed by atoms with van der Waals surface area (Å²) in [6.07, 6.45) is 0.343. The van der Waals surface area contributed by atoms with E-state index in [-0.39, 0.29) is 30.9 Å². The third-order valence-electron chi connectivity index (χ3n) is 3.87. The zero-order chi connectivity index (χ0) is 18.5. The Labute approximate surface area is 150 Å². The van der Waals surface area contributed by atoms with Gasteiger partial charge < -0.3 is 15.4 Å². The second-order valence-electron chi connectivity index (χ2n) is 5.77. The monoisotopic (exact) mass is 353 g/mol. The molecule has 2 aromatic carbocycles. The van der Waals surface area contributed by atoms with Gasteiger partial charge in [-0.05, 0) is 30.3 Å². The average Bonchev–Trinajstić information content (AvgIpc) is 2.65. The quantitative estimate of drug-likeness (QED) is 0.864. The van der Waals surface area contributed by atoms with Gasteiger partial charge in [0.05, 0.1) is 5.69 Å². The van der Waals surface area contributed by atoms with Crippen molar-refractivity contribution in [3.8, 4) is 5.75 Å². The first-order valence-corrected chi connectivity index (χ1v) is 8.29. The molecule has 0 saturated carbocycles. The van der Waals surface area contributed by atoms with Gasteiger partial charge in [-0.25, -0.2) is 0 Å². The molecule has 0 aliphatic carbocycles. The van der Waals surface area contributed by atoms with E-state index in [9.17, 15) is 14.4 Å². The molecule has 2 N–H and O–H groups in total. The summed E-state index contributed by atoms with van der Waals surface area (Å²) in [5.74, 6) is -0.284. The van der Waals surface area contributed by atoms with Crippen LogP contribution in [0.4, 0.5) is 17.1 Å². The van der Waals surface area contributed by atoms with Gasteiger partial charge in [0, 0.05) is 17.8 Å². The van der Waals surface area contributed by atoms with Crippen molar-refractivity contribution in [3.63, 3.8) is 0 Å². The average molecular weight is 353 g/mol. The third-order valence-corrected chi connectivity index (χ3v) is 3.87. The molecule has 2 aromatic rings. The molecule has 7 nitrogen and oxygen atoms in total. The number of para-hydroxylation sites is 1. The van der Waals surface area contributed by atoms with E-state index in [1.807, 2.05) is 18.2 Å². The van der Waals surface area contributed by atoms with Crippen molar-refractivity contribution >= 4 is 34.8 Å². The van der Waals surface area contributed by atoms with E-state index in [2.05, 4.69) is 10.6 Å². The van der Waals surface area contributed by atoms with Crippen molar-refractivity contribution < 1.29 is 19.1 Å². The highest BCUT2D eigenvalue weighted by Crippen LogP contribution is 2.34. The van der Waals surface area contributed by atoms with Crippen LogP contribution in [0.1, 0.15) is 13.3 Å².